The Kier molecular flexibility index (Phi) is 3.04. The number of amides is 1. The Hall–Kier alpha value is -1.64. The van der Waals surface area contributed by atoms with Gasteiger partial charge in [-0.15, -0.1) is 0 Å². The number of carbonyl (C=O) groups excluding carboxylic acids is 2. The lowest BCUT2D eigenvalue weighted by molar-refractivity contribution is -0.119. The molecule has 0 aliphatic heterocycles. The monoisotopic (exact) mass is 217 g/mol. The van der Waals surface area contributed by atoms with E-state index in [2.05, 4.69) is 5.32 Å². The summed E-state index contributed by atoms with van der Waals surface area (Å²) in [5.74, 6) is -0.0963. The van der Waals surface area contributed by atoms with Crippen molar-refractivity contribution in [1.82, 2.24) is 5.32 Å². The first kappa shape index (κ1) is 10.9. The van der Waals surface area contributed by atoms with Gasteiger partial charge in [-0.1, -0.05) is 24.3 Å². The molecule has 1 aromatic carbocycles. The van der Waals surface area contributed by atoms with Crippen LogP contribution < -0.4 is 5.32 Å². The Morgan fingerprint density at radius 1 is 1.38 bits per heavy atom. The van der Waals surface area contributed by atoms with E-state index in [-0.39, 0.29) is 17.7 Å². The van der Waals surface area contributed by atoms with Crippen LogP contribution in [0.15, 0.2) is 24.3 Å². The van der Waals surface area contributed by atoms with Gasteiger partial charge in [0.1, 0.15) is 0 Å². The first-order valence-electron chi connectivity index (χ1n) is 5.57. The molecule has 3 heteroatoms. The Balaban J connectivity index is 2.30. The lowest BCUT2D eigenvalue weighted by atomic mass is 10.0. The minimum absolute atomic E-state index is 0.0447. The van der Waals surface area contributed by atoms with Crippen LogP contribution in [-0.2, 0) is 11.2 Å². The van der Waals surface area contributed by atoms with Crippen molar-refractivity contribution in [2.45, 2.75) is 32.2 Å². The number of nitrogens with one attached hydrogen (secondary N) is 1. The van der Waals surface area contributed by atoms with Crippen molar-refractivity contribution < 1.29 is 9.59 Å². The van der Waals surface area contributed by atoms with E-state index in [1.54, 1.807) is 0 Å². The molecule has 1 aliphatic carbocycles. The van der Waals surface area contributed by atoms with Gasteiger partial charge >= 0.3 is 0 Å². The van der Waals surface area contributed by atoms with Gasteiger partial charge < -0.3 is 5.32 Å². The molecule has 1 N–H and O–H groups in total. The SMILES string of the molecule is CC(=O)NC1CCCc2ccccc2C1=O. The Bertz CT molecular complexity index is 426. The molecule has 0 radical (unpaired) electrons. The first-order chi connectivity index (χ1) is 7.68. The van der Waals surface area contributed by atoms with Crippen molar-refractivity contribution >= 4 is 11.7 Å². The molecule has 0 bridgehead atoms. The smallest absolute Gasteiger partial charge is 0.217 e. The van der Waals surface area contributed by atoms with Crippen LogP contribution in [0.3, 0.4) is 0 Å². The molecule has 0 heterocycles. The van der Waals surface area contributed by atoms with Gasteiger partial charge in [-0.05, 0) is 24.8 Å². The van der Waals surface area contributed by atoms with Gasteiger partial charge in [-0.25, -0.2) is 0 Å². The first-order valence-corrected chi connectivity index (χ1v) is 5.57. The summed E-state index contributed by atoms with van der Waals surface area (Å²) in [7, 11) is 0. The summed E-state index contributed by atoms with van der Waals surface area (Å²) in [5, 5.41) is 2.72. The highest BCUT2D eigenvalue weighted by Crippen LogP contribution is 2.20. The summed E-state index contributed by atoms with van der Waals surface area (Å²) in [6.45, 7) is 1.45. The number of aryl methyl sites for hydroxylation is 1. The van der Waals surface area contributed by atoms with Crippen molar-refractivity contribution in [3.63, 3.8) is 0 Å². The van der Waals surface area contributed by atoms with Gasteiger partial charge in [0.2, 0.25) is 5.91 Å². The fourth-order valence-electron chi connectivity index (χ4n) is 2.18. The van der Waals surface area contributed by atoms with Gasteiger partial charge in [0.05, 0.1) is 6.04 Å². The van der Waals surface area contributed by atoms with Crippen LogP contribution in [-0.4, -0.2) is 17.7 Å². The van der Waals surface area contributed by atoms with Crippen molar-refractivity contribution in [1.29, 1.82) is 0 Å². The largest absolute Gasteiger partial charge is 0.346 e. The molecule has 3 nitrogen and oxygen atoms in total. The zero-order valence-electron chi connectivity index (χ0n) is 9.32. The summed E-state index contributed by atoms with van der Waals surface area (Å²) in [6.07, 6.45) is 2.58. The van der Waals surface area contributed by atoms with Gasteiger partial charge in [-0.3, -0.25) is 9.59 Å². The number of ketones is 1. The van der Waals surface area contributed by atoms with Crippen LogP contribution in [0.4, 0.5) is 0 Å². The summed E-state index contributed by atoms with van der Waals surface area (Å²) >= 11 is 0. The minimum Gasteiger partial charge on any atom is -0.346 e. The van der Waals surface area contributed by atoms with Gasteiger partial charge in [0.25, 0.3) is 0 Å². The summed E-state index contributed by atoms with van der Waals surface area (Å²) in [4.78, 5) is 23.2. The zero-order valence-corrected chi connectivity index (χ0v) is 9.32. The predicted molar refractivity (Wildman–Crippen MR) is 61.3 cm³/mol. The lowest BCUT2D eigenvalue weighted by Crippen LogP contribution is -2.39. The number of carbonyl (C=O) groups is 2. The molecule has 2 rings (SSSR count). The number of Topliss-reactive ketones (excluding diaryl/α,β-unsaturated/α-hetero) is 1. The van der Waals surface area contributed by atoms with Crippen LogP contribution >= 0.6 is 0 Å². The van der Waals surface area contributed by atoms with Gasteiger partial charge in [0, 0.05) is 12.5 Å². The normalized spacial score (nSPS) is 19.8. The van der Waals surface area contributed by atoms with Crippen molar-refractivity contribution in [3.8, 4) is 0 Å². The molecular weight excluding hydrogens is 202 g/mol. The number of hydrogen-bond donors (Lipinski definition) is 1. The van der Waals surface area contributed by atoms with Gasteiger partial charge in [0.15, 0.2) is 5.78 Å². The van der Waals surface area contributed by atoms with Crippen molar-refractivity contribution in [2.24, 2.45) is 0 Å². The molecule has 1 aromatic rings. The number of benzene rings is 1. The Labute approximate surface area is 94.9 Å². The molecule has 84 valence electrons. The standard InChI is InChI=1S/C13H15NO2/c1-9(15)14-12-8-4-6-10-5-2-3-7-11(10)13(12)16/h2-3,5,7,12H,4,6,8H2,1H3,(H,14,15). The number of rotatable bonds is 1. The van der Waals surface area contributed by atoms with Crippen LogP contribution in [0, 0.1) is 0 Å². The number of fused-ring (bicyclic) bond motifs is 1. The zero-order chi connectivity index (χ0) is 11.5. The molecule has 0 spiro atoms. The molecule has 1 amide bonds. The molecule has 1 aliphatic rings. The highest BCUT2D eigenvalue weighted by Gasteiger charge is 2.25. The van der Waals surface area contributed by atoms with Gasteiger partial charge in [-0.2, -0.15) is 0 Å². The van der Waals surface area contributed by atoms with Crippen molar-refractivity contribution in [2.75, 3.05) is 0 Å². The van der Waals surface area contributed by atoms with E-state index in [1.807, 2.05) is 24.3 Å². The van der Waals surface area contributed by atoms with E-state index in [0.717, 1.165) is 30.4 Å². The molecule has 0 saturated heterocycles. The quantitative estimate of drug-likeness (QED) is 0.728. The summed E-state index contributed by atoms with van der Waals surface area (Å²) < 4.78 is 0. The maximum absolute atomic E-state index is 12.2. The van der Waals surface area contributed by atoms with E-state index in [9.17, 15) is 9.59 Å². The maximum Gasteiger partial charge on any atom is 0.217 e. The Morgan fingerprint density at radius 3 is 2.88 bits per heavy atom. The topological polar surface area (TPSA) is 46.2 Å². The highest BCUT2D eigenvalue weighted by atomic mass is 16.2. The van der Waals surface area contributed by atoms with Crippen LogP contribution in [0.25, 0.3) is 0 Å². The minimum atomic E-state index is -0.346. The summed E-state index contributed by atoms with van der Waals surface area (Å²) in [5.41, 5.74) is 1.86. The van der Waals surface area contributed by atoms with E-state index in [1.165, 1.54) is 6.92 Å². The fraction of sp³-hybridized carbons (Fsp3) is 0.385. The van der Waals surface area contributed by atoms with Crippen LogP contribution in [0.2, 0.25) is 0 Å². The number of hydrogen-bond acceptors (Lipinski definition) is 2. The predicted octanol–water partition coefficient (Wildman–Crippen LogP) is 1.71. The maximum atomic E-state index is 12.2. The fourth-order valence-corrected chi connectivity index (χ4v) is 2.18. The molecule has 0 fully saturated rings. The van der Waals surface area contributed by atoms with Crippen LogP contribution in [0.5, 0.6) is 0 Å². The molecule has 0 aromatic heterocycles. The van der Waals surface area contributed by atoms with Crippen LogP contribution in [0.1, 0.15) is 35.7 Å². The second-order valence-corrected chi connectivity index (χ2v) is 4.17. The average molecular weight is 217 g/mol. The second kappa shape index (κ2) is 4.47. The van der Waals surface area contributed by atoms with E-state index >= 15 is 0 Å². The van der Waals surface area contributed by atoms with E-state index < -0.39 is 0 Å². The average Bonchev–Trinajstić information content (AvgIpc) is 2.40. The summed E-state index contributed by atoms with van der Waals surface area (Å²) in [6, 6.07) is 7.31. The molecule has 16 heavy (non-hydrogen) atoms. The second-order valence-electron chi connectivity index (χ2n) is 4.17. The van der Waals surface area contributed by atoms with E-state index in [4.69, 9.17) is 0 Å². The third kappa shape index (κ3) is 2.13. The van der Waals surface area contributed by atoms with E-state index in [0.29, 0.717) is 0 Å². The molecular formula is C13H15NO2. The third-order valence-electron chi connectivity index (χ3n) is 2.92. The van der Waals surface area contributed by atoms with Crippen molar-refractivity contribution in [3.05, 3.63) is 35.4 Å². The third-order valence-corrected chi connectivity index (χ3v) is 2.92. The molecule has 1 unspecified atom stereocenters. The lowest BCUT2D eigenvalue weighted by Gasteiger charge is -2.14. The Morgan fingerprint density at radius 2 is 2.12 bits per heavy atom. The highest BCUT2D eigenvalue weighted by molar-refractivity contribution is 6.03. The molecule has 1 atom stereocenters. The molecule has 0 saturated carbocycles.